The third-order valence-electron chi connectivity index (χ3n) is 10.8. The van der Waals surface area contributed by atoms with Gasteiger partial charge in [-0.2, -0.15) is 0 Å². The molecule has 0 radical (unpaired) electrons. The molecular weight excluding hydrogens is 838 g/mol. The molecule has 3 nitrogen and oxygen atoms in total. The average molecular weight is 921 g/mol. The van der Waals surface area contributed by atoms with Crippen LogP contribution in [0.5, 0.6) is 11.5 Å². The zero-order valence-electron chi connectivity index (χ0n) is 34.6. The Labute approximate surface area is 328 Å². The molecule has 292 valence electrons. The number of rotatable bonds is 34. The quantitative estimate of drug-likeness (QED) is 0.0517. The van der Waals surface area contributed by atoms with Crippen LogP contribution in [0.1, 0.15) is 193 Å². The van der Waals surface area contributed by atoms with Gasteiger partial charge >= 0.3 is 331 Å². The van der Waals surface area contributed by atoms with Crippen molar-refractivity contribution in [1.29, 1.82) is 0 Å². The Morgan fingerprint density at radius 2 is 0.608 bits per heavy atom. The van der Waals surface area contributed by atoms with Gasteiger partial charge in [0.2, 0.25) is 0 Å². The fourth-order valence-corrected chi connectivity index (χ4v) is 48.4. The van der Waals surface area contributed by atoms with Crippen molar-refractivity contribution in [3.8, 4) is 11.5 Å². The standard InChI is InChI=1S/4C8H17.2C7H8O.O.2Sn/c4*1-3-5-7-8-6-4-2;2*1-6-4-2-3-5-7(6)8;;;/h4*1,3-8H2,2H3;2*2-5,8H,1H3;;;/q;;;;;;;2*+1/p-2. The fraction of sp³-hybridized carbons (Fsp3) is 0.739. The summed E-state index contributed by atoms with van der Waals surface area (Å²) < 4.78 is 28.1. The van der Waals surface area contributed by atoms with E-state index in [1.807, 2.05) is 0 Å². The van der Waals surface area contributed by atoms with E-state index in [1.54, 1.807) is 0 Å². The summed E-state index contributed by atoms with van der Waals surface area (Å²) in [5, 5.41) is 0. The van der Waals surface area contributed by atoms with Crippen LogP contribution in [0, 0.1) is 13.8 Å². The minimum atomic E-state index is -3.76. The summed E-state index contributed by atoms with van der Waals surface area (Å²) >= 11 is -7.52. The number of hydrogen-bond donors (Lipinski definition) is 0. The second-order valence-corrected chi connectivity index (χ2v) is 37.5. The summed E-state index contributed by atoms with van der Waals surface area (Å²) in [6, 6.07) is 17.6. The Kier molecular flexibility index (Phi) is 27.4. The van der Waals surface area contributed by atoms with Gasteiger partial charge in [0.15, 0.2) is 0 Å². The van der Waals surface area contributed by atoms with Gasteiger partial charge in [0, 0.05) is 0 Å². The van der Waals surface area contributed by atoms with Crippen LogP contribution < -0.4 is 6.15 Å². The van der Waals surface area contributed by atoms with Crippen molar-refractivity contribution in [2.75, 3.05) is 0 Å². The van der Waals surface area contributed by atoms with E-state index in [0.29, 0.717) is 0 Å². The molecule has 0 aliphatic carbocycles. The van der Waals surface area contributed by atoms with E-state index in [9.17, 15) is 0 Å². The van der Waals surface area contributed by atoms with E-state index in [-0.39, 0.29) is 0 Å². The van der Waals surface area contributed by atoms with E-state index in [0.717, 1.165) is 29.2 Å². The van der Waals surface area contributed by atoms with E-state index >= 15 is 0 Å². The Morgan fingerprint density at radius 3 is 0.882 bits per heavy atom. The Hall–Kier alpha value is -0.403. The van der Waals surface area contributed by atoms with Gasteiger partial charge in [-0.05, 0) is 0 Å². The van der Waals surface area contributed by atoms with Gasteiger partial charge in [0.1, 0.15) is 0 Å². The molecule has 0 atom stereocenters. The molecule has 2 aromatic rings. The first-order chi connectivity index (χ1) is 24.9. The molecule has 0 spiro atoms. The van der Waals surface area contributed by atoms with Crippen molar-refractivity contribution >= 4 is 38.4 Å². The topological polar surface area (TPSA) is 27.7 Å². The summed E-state index contributed by atoms with van der Waals surface area (Å²) in [6.07, 6.45) is 31.5. The molecule has 2 aromatic carbocycles. The first-order valence-electron chi connectivity index (χ1n) is 22.1. The number of unbranched alkanes of at least 4 members (excludes halogenated alkanes) is 20. The maximum absolute atomic E-state index is 8.23. The third-order valence-corrected chi connectivity index (χ3v) is 43.3. The van der Waals surface area contributed by atoms with Crippen molar-refractivity contribution in [3.63, 3.8) is 0 Å². The number of benzene rings is 2. The molecule has 0 aliphatic heterocycles. The molecule has 2 rings (SSSR count). The number of para-hydroxylation sites is 2. The zero-order valence-corrected chi connectivity index (χ0v) is 40.4. The summed E-state index contributed by atoms with van der Waals surface area (Å²) in [5.74, 6) is 2.17. The molecule has 0 bridgehead atoms. The molecule has 0 aliphatic rings. The summed E-state index contributed by atoms with van der Waals surface area (Å²) in [5.41, 5.74) is 2.50. The van der Waals surface area contributed by atoms with Crippen LogP contribution in [0.4, 0.5) is 0 Å². The van der Waals surface area contributed by atoms with Crippen LogP contribution in [-0.4, -0.2) is 38.4 Å². The molecule has 0 saturated heterocycles. The molecule has 0 saturated carbocycles. The molecule has 0 fully saturated rings. The maximum atomic E-state index is 8.23. The predicted molar refractivity (Wildman–Crippen MR) is 229 cm³/mol. The average Bonchev–Trinajstić information content (AvgIpc) is 3.13. The fourth-order valence-electron chi connectivity index (χ4n) is 7.48. The molecule has 51 heavy (non-hydrogen) atoms. The van der Waals surface area contributed by atoms with E-state index < -0.39 is 38.4 Å². The normalized spacial score (nSPS) is 12.0. The Morgan fingerprint density at radius 1 is 0.353 bits per heavy atom. The monoisotopic (exact) mass is 922 g/mol. The van der Waals surface area contributed by atoms with Gasteiger partial charge in [0.05, 0.1) is 0 Å². The van der Waals surface area contributed by atoms with Gasteiger partial charge in [-0.1, -0.05) is 0 Å². The van der Waals surface area contributed by atoms with E-state index in [1.165, 1.54) is 165 Å². The van der Waals surface area contributed by atoms with E-state index in [2.05, 4.69) is 90.1 Å². The number of hydrogen-bond acceptors (Lipinski definition) is 3. The van der Waals surface area contributed by atoms with Crippen LogP contribution in [0.25, 0.3) is 0 Å². The molecular formula is C46H82O3Sn2. The summed E-state index contributed by atoms with van der Waals surface area (Å²) in [6.45, 7) is 13.7. The van der Waals surface area contributed by atoms with Crippen LogP contribution >= 0.6 is 0 Å². The van der Waals surface area contributed by atoms with Crippen molar-refractivity contribution < 1.29 is 7.56 Å². The summed E-state index contributed by atoms with van der Waals surface area (Å²) in [7, 11) is 0. The van der Waals surface area contributed by atoms with Crippen LogP contribution in [-0.2, 0) is 1.41 Å². The number of aryl methyl sites for hydroxylation is 2. The Balaban J connectivity index is 2.56. The first-order valence-corrected chi connectivity index (χ1v) is 34.9. The van der Waals surface area contributed by atoms with Crippen molar-refractivity contribution in [3.05, 3.63) is 59.7 Å². The molecule has 0 amide bonds. The zero-order chi connectivity index (χ0) is 36.9. The van der Waals surface area contributed by atoms with Crippen molar-refractivity contribution in [2.45, 2.75) is 213 Å². The molecule has 0 heterocycles. The third kappa shape index (κ3) is 20.7. The van der Waals surface area contributed by atoms with Gasteiger partial charge in [-0.25, -0.2) is 0 Å². The SMILES string of the molecule is CCCCCCC[CH2][Sn]([CH2]CCCCCCC)([O]c1ccccc1C)[O][Sn]([CH2]CCCCCCC)([CH2]CCCCCCC)[O]c1ccccc1C. The minimum absolute atomic E-state index is 1.08. The van der Waals surface area contributed by atoms with Crippen molar-refractivity contribution in [2.24, 2.45) is 0 Å². The molecule has 0 unspecified atom stereocenters. The van der Waals surface area contributed by atoms with Gasteiger partial charge < -0.3 is 0 Å². The van der Waals surface area contributed by atoms with Crippen LogP contribution in [0.2, 0.25) is 17.7 Å². The molecule has 0 N–H and O–H groups in total. The molecule has 0 aromatic heterocycles. The molecule has 5 heteroatoms. The van der Waals surface area contributed by atoms with Gasteiger partial charge in [0.25, 0.3) is 0 Å². The Bertz CT molecular complexity index is 988. The van der Waals surface area contributed by atoms with E-state index in [4.69, 9.17) is 7.56 Å². The van der Waals surface area contributed by atoms with Crippen molar-refractivity contribution in [1.82, 2.24) is 0 Å². The predicted octanol–water partition coefficient (Wildman–Crippen LogP) is 16.1. The van der Waals surface area contributed by atoms with Crippen LogP contribution in [0.15, 0.2) is 48.5 Å². The summed E-state index contributed by atoms with van der Waals surface area (Å²) in [4.78, 5) is 0. The first kappa shape index (κ1) is 46.8. The van der Waals surface area contributed by atoms with Gasteiger partial charge in [-0.15, -0.1) is 0 Å². The second kappa shape index (κ2) is 29.9. The van der Waals surface area contributed by atoms with Gasteiger partial charge in [-0.3, -0.25) is 0 Å². The second-order valence-electron chi connectivity index (χ2n) is 15.7. The van der Waals surface area contributed by atoms with Crippen LogP contribution in [0.3, 0.4) is 0 Å².